The molecule has 0 aliphatic rings. The second kappa shape index (κ2) is 10.8. The molecule has 1 unspecified atom stereocenters. The molecule has 66 valence electrons. The molecular formula is C8H18AlClO. The van der Waals surface area contributed by atoms with E-state index in [4.69, 9.17) is 3.79 Å². The molecule has 0 aromatic rings. The first-order valence-electron chi connectivity index (χ1n) is 4.20. The fraction of sp³-hybridized carbons (Fsp3) is 1.00. The van der Waals surface area contributed by atoms with Crippen LogP contribution in [0.3, 0.4) is 0 Å². The summed E-state index contributed by atoms with van der Waals surface area (Å²) in [7, 11) is 0. The van der Waals surface area contributed by atoms with E-state index in [1.807, 2.05) is 0 Å². The molecule has 0 heterocycles. The van der Waals surface area contributed by atoms with Crippen LogP contribution in [0.4, 0.5) is 0 Å². The molecule has 1 atom stereocenters. The summed E-state index contributed by atoms with van der Waals surface area (Å²) in [6, 6.07) is 0. The minimum Gasteiger partial charge on any atom is -0.514 e. The molecular weight excluding hydrogens is 175 g/mol. The first-order chi connectivity index (χ1) is 4.85. The molecule has 0 aliphatic heterocycles. The van der Waals surface area contributed by atoms with Crippen LogP contribution >= 0.6 is 12.4 Å². The lowest BCUT2D eigenvalue weighted by Gasteiger charge is -2.13. The highest BCUT2D eigenvalue weighted by Crippen LogP contribution is 2.07. The summed E-state index contributed by atoms with van der Waals surface area (Å²) < 4.78 is 5.16. The average Bonchev–Trinajstić information content (AvgIpc) is 1.99. The molecule has 1 nitrogen and oxygen atoms in total. The van der Waals surface area contributed by atoms with Crippen molar-refractivity contribution in [2.75, 3.05) is 0 Å². The first kappa shape index (κ1) is 14.3. The van der Waals surface area contributed by atoms with Gasteiger partial charge in [-0.05, 0) is 12.8 Å². The van der Waals surface area contributed by atoms with E-state index in [-0.39, 0.29) is 12.4 Å². The zero-order chi connectivity index (χ0) is 7.82. The molecule has 11 heavy (non-hydrogen) atoms. The highest BCUT2D eigenvalue weighted by molar-refractivity contribution is 5.98. The van der Waals surface area contributed by atoms with Gasteiger partial charge in [-0.2, -0.15) is 0 Å². The maximum atomic E-state index is 5.16. The van der Waals surface area contributed by atoms with Crippen LogP contribution < -0.4 is 0 Å². The Morgan fingerprint density at radius 2 is 1.91 bits per heavy atom. The molecule has 0 spiro atoms. The van der Waals surface area contributed by atoms with Gasteiger partial charge in [-0.25, -0.2) is 0 Å². The molecule has 0 aromatic carbocycles. The Morgan fingerprint density at radius 1 is 1.27 bits per heavy atom. The maximum Gasteiger partial charge on any atom is 0.369 e. The molecule has 0 amide bonds. The van der Waals surface area contributed by atoms with E-state index in [1.165, 1.54) is 25.7 Å². The van der Waals surface area contributed by atoms with Gasteiger partial charge in [0.15, 0.2) is 0 Å². The highest BCUT2D eigenvalue weighted by Gasteiger charge is 2.00. The Balaban J connectivity index is 0. The first-order valence-corrected chi connectivity index (χ1v) is 4.67. The Morgan fingerprint density at radius 3 is 2.27 bits per heavy atom. The minimum atomic E-state index is 0. The molecule has 0 rings (SSSR count). The Hall–Kier alpha value is 0.782. The van der Waals surface area contributed by atoms with Crippen LogP contribution in [-0.4, -0.2) is 22.7 Å². The van der Waals surface area contributed by atoms with Gasteiger partial charge in [0.1, 0.15) is 0 Å². The van der Waals surface area contributed by atoms with Crippen molar-refractivity contribution in [3.05, 3.63) is 0 Å². The fourth-order valence-corrected chi connectivity index (χ4v) is 1.32. The van der Waals surface area contributed by atoms with Gasteiger partial charge in [-0.3, -0.25) is 0 Å². The van der Waals surface area contributed by atoms with Gasteiger partial charge in [-0.1, -0.05) is 33.1 Å². The third kappa shape index (κ3) is 8.69. The largest absolute Gasteiger partial charge is 0.514 e. The minimum absolute atomic E-state index is 0. The molecule has 0 aromatic heterocycles. The van der Waals surface area contributed by atoms with Gasteiger partial charge in [0.2, 0.25) is 0 Å². The zero-order valence-corrected chi connectivity index (χ0v) is 9.48. The van der Waals surface area contributed by atoms with Crippen molar-refractivity contribution in [2.45, 2.75) is 52.1 Å². The Kier molecular flexibility index (Phi) is 14.0. The Labute approximate surface area is 85.1 Å². The molecule has 0 saturated heterocycles. The Bertz CT molecular complexity index is 67.1. The zero-order valence-electron chi connectivity index (χ0n) is 7.51. The van der Waals surface area contributed by atoms with E-state index in [0.717, 1.165) is 6.42 Å². The van der Waals surface area contributed by atoms with Crippen LogP contribution in [-0.2, 0) is 3.79 Å². The maximum absolute atomic E-state index is 5.16. The molecule has 3 heteroatoms. The quantitative estimate of drug-likeness (QED) is 0.465. The van der Waals surface area contributed by atoms with E-state index >= 15 is 0 Å². The number of unbranched alkanes of at least 4 members (excludes halogenated alkanes) is 2. The van der Waals surface area contributed by atoms with Crippen LogP contribution in [0.5, 0.6) is 0 Å². The topological polar surface area (TPSA) is 9.23 Å². The number of hydrogen-bond donors (Lipinski definition) is 0. The summed E-state index contributed by atoms with van der Waals surface area (Å²) in [5.41, 5.74) is 0. The molecule has 0 N–H and O–H groups in total. The number of halogens is 1. The molecule has 0 saturated carbocycles. The average molecular weight is 193 g/mol. The lowest BCUT2D eigenvalue weighted by atomic mass is 10.1. The van der Waals surface area contributed by atoms with Crippen LogP contribution in [0, 0.1) is 0 Å². The van der Waals surface area contributed by atoms with Gasteiger partial charge in [0.05, 0.1) is 0 Å². The van der Waals surface area contributed by atoms with Crippen LogP contribution in [0.1, 0.15) is 46.0 Å². The predicted molar refractivity (Wildman–Crippen MR) is 52.3 cm³/mol. The standard InChI is InChI=1S/C8H17O.Al.ClH/c1-3-5-6-7-8(9)4-2;;/h8H,3-7H2,1-2H3;;1H/q-1;+1;. The lowest BCUT2D eigenvalue weighted by Crippen LogP contribution is -2.08. The van der Waals surface area contributed by atoms with E-state index < -0.39 is 0 Å². The van der Waals surface area contributed by atoms with Crippen LogP contribution in [0.25, 0.3) is 0 Å². The highest BCUT2D eigenvalue weighted by atomic mass is 35.5. The van der Waals surface area contributed by atoms with E-state index in [2.05, 4.69) is 30.5 Å². The fourth-order valence-electron chi connectivity index (χ4n) is 0.990. The number of hydrogen-bond acceptors (Lipinski definition) is 1. The van der Waals surface area contributed by atoms with E-state index in [9.17, 15) is 0 Å². The summed E-state index contributed by atoms with van der Waals surface area (Å²) in [5.74, 6) is 0. The second-order valence-corrected chi connectivity index (χ2v) is 2.93. The summed E-state index contributed by atoms with van der Waals surface area (Å²) >= 11 is 2.35. The van der Waals surface area contributed by atoms with Crippen molar-refractivity contribution in [1.82, 2.24) is 0 Å². The molecule has 2 radical (unpaired) electrons. The summed E-state index contributed by atoms with van der Waals surface area (Å²) in [6.07, 6.45) is 6.76. The van der Waals surface area contributed by atoms with E-state index in [0.29, 0.717) is 6.10 Å². The van der Waals surface area contributed by atoms with Crippen molar-refractivity contribution < 1.29 is 3.79 Å². The van der Waals surface area contributed by atoms with Gasteiger partial charge >= 0.3 is 16.6 Å². The third-order valence-electron chi connectivity index (χ3n) is 1.78. The van der Waals surface area contributed by atoms with Gasteiger partial charge in [-0.15, -0.1) is 12.4 Å². The second-order valence-electron chi connectivity index (χ2n) is 2.66. The summed E-state index contributed by atoms with van der Waals surface area (Å²) in [4.78, 5) is 0. The summed E-state index contributed by atoms with van der Waals surface area (Å²) in [5, 5.41) is 0. The van der Waals surface area contributed by atoms with Gasteiger partial charge in [0.25, 0.3) is 0 Å². The van der Waals surface area contributed by atoms with Crippen LogP contribution in [0.15, 0.2) is 0 Å². The van der Waals surface area contributed by atoms with Gasteiger partial charge < -0.3 is 3.79 Å². The molecule has 0 bridgehead atoms. The molecule has 0 fully saturated rings. The SMILES string of the molecule is CCCCCC(CC)[O][Al].Cl. The number of rotatable bonds is 6. The van der Waals surface area contributed by atoms with E-state index in [1.54, 1.807) is 0 Å². The van der Waals surface area contributed by atoms with Crippen molar-refractivity contribution in [2.24, 2.45) is 0 Å². The van der Waals surface area contributed by atoms with Crippen LogP contribution in [0.2, 0.25) is 0 Å². The van der Waals surface area contributed by atoms with Crippen molar-refractivity contribution in [3.8, 4) is 0 Å². The predicted octanol–water partition coefficient (Wildman–Crippen LogP) is 2.87. The van der Waals surface area contributed by atoms with Crippen molar-refractivity contribution in [3.63, 3.8) is 0 Å². The van der Waals surface area contributed by atoms with Crippen molar-refractivity contribution >= 4 is 29.0 Å². The van der Waals surface area contributed by atoms with Gasteiger partial charge in [0, 0.05) is 6.10 Å². The molecule has 0 aliphatic carbocycles. The smallest absolute Gasteiger partial charge is 0.369 e. The normalized spacial score (nSPS) is 12.2. The monoisotopic (exact) mass is 192 g/mol. The van der Waals surface area contributed by atoms with Crippen molar-refractivity contribution in [1.29, 1.82) is 0 Å². The third-order valence-corrected chi connectivity index (χ3v) is 2.16. The lowest BCUT2D eigenvalue weighted by molar-refractivity contribution is 0.200. The summed E-state index contributed by atoms with van der Waals surface area (Å²) in [6.45, 7) is 4.39.